The molecule has 0 bridgehead atoms. The lowest BCUT2D eigenvalue weighted by Gasteiger charge is -2.55. The Hall–Kier alpha value is -1.26. The van der Waals surface area contributed by atoms with E-state index in [9.17, 15) is 4.79 Å². The van der Waals surface area contributed by atoms with Crippen LogP contribution in [0.1, 0.15) is 30.6 Å². The van der Waals surface area contributed by atoms with Gasteiger partial charge in [0.15, 0.2) is 0 Å². The van der Waals surface area contributed by atoms with Crippen LogP contribution in [0, 0.1) is 11.3 Å². The van der Waals surface area contributed by atoms with Crippen molar-refractivity contribution in [1.29, 1.82) is 0 Å². The summed E-state index contributed by atoms with van der Waals surface area (Å²) < 4.78 is 5.78. The highest BCUT2D eigenvalue weighted by Gasteiger charge is 2.59. The molecule has 5 heteroatoms. The Labute approximate surface area is 123 Å². The monoisotopic (exact) mass is 294 g/mol. The molecule has 1 amide bonds. The van der Waals surface area contributed by atoms with Gasteiger partial charge < -0.3 is 15.8 Å². The Kier molecular flexibility index (Phi) is 3.18. The molecule has 0 aromatic heterocycles. The van der Waals surface area contributed by atoms with Gasteiger partial charge in [-0.25, -0.2) is 0 Å². The Balaban J connectivity index is 1.78. The summed E-state index contributed by atoms with van der Waals surface area (Å²) in [5.74, 6) is 0.0503. The smallest absolute Gasteiger partial charge is 0.250 e. The summed E-state index contributed by atoms with van der Waals surface area (Å²) in [6, 6.07) is 5.65. The van der Waals surface area contributed by atoms with Crippen molar-refractivity contribution in [3.8, 4) is 0 Å². The number of anilines is 1. The van der Waals surface area contributed by atoms with Gasteiger partial charge in [0.2, 0.25) is 5.91 Å². The minimum Gasteiger partial charge on any atom is -0.381 e. The van der Waals surface area contributed by atoms with E-state index in [1.807, 2.05) is 6.07 Å². The molecule has 4 nitrogen and oxygen atoms in total. The zero-order valence-corrected chi connectivity index (χ0v) is 12.4. The van der Waals surface area contributed by atoms with Gasteiger partial charge in [0.1, 0.15) is 0 Å². The first-order valence-electron chi connectivity index (χ1n) is 6.89. The lowest BCUT2D eigenvalue weighted by Crippen LogP contribution is -2.63. The van der Waals surface area contributed by atoms with Crippen LogP contribution < -0.4 is 11.1 Å². The van der Waals surface area contributed by atoms with Gasteiger partial charge in [0, 0.05) is 29.7 Å². The summed E-state index contributed by atoms with van der Waals surface area (Å²) in [6.45, 7) is 5.28. The molecule has 108 valence electrons. The van der Waals surface area contributed by atoms with Crippen LogP contribution in [0.15, 0.2) is 18.2 Å². The molecule has 2 fully saturated rings. The van der Waals surface area contributed by atoms with Crippen LogP contribution in [-0.4, -0.2) is 24.7 Å². The Bertz CT molecular complexity index is 559. The largest absolute Gasteiger partial charge is 0.381 e. The molecule has 1 saturated carbocycles. The van der Waals surface area contributed by atoms with Gasteiger partial charge in [-0.2, -0.15) is 0 Å². The van der Waals surface area contributed by atoms with E-state index in [0.717, 1.165) is 18.7 Å². The van der Waals surface area contributed by atoms with E-state index in [0.29, 0.717) is 28.6 Å². The molecule has 1 heterocycles. The third kappa shape index (κ3) is 1.98. The topological polar surface area (TPSA) is 64.3 Å². The van der Waals surface area contributed by atoms with Crippen molar-refractivity contribution in [3.05, 3.63) is 28.8 Å². The fraction of sp³-hybridized carbons (Fsp3) is 0.533. The summed E-state index contributed by atoms with van der Waals surface area (Å²) in [6.07, 6.45) is 1.44. The molecule has 3 rings (SSSR count). The van der Waals surface area contributed by atoms with Crippen molar-refractivity contribution < 1.29 is 9.53 Å². The molecule has 1 aromatic carbocycles. The van der Waals surface area contributed by atoms with E-state index in [-0.39, 0.29) is 5.41 Å². The number of amides is 1. The summed E-state index contributed by atoms with van der Waals surface area (Å²) in [5, 5.41) is 3.92. The van der Waals surface area contributed by atoms with E-state index < -0.39 is 5.91 Å². The number of carbonyl (C=O) groups is 1. The number of hydrogen-bond donors (Lipinski definition) is 2. The molecule has 3 atom stereocenters. The van der Waals surface area contributed by atoms with Crippen molar-refractivity contribution in [2.45, 2.75) is 32.4 Å². The highest BCUT2D eigenvalue weighted by atomic mass is 35.5. The maximum absolute atomic E-state index is 11.2. The van der Waals surface area contributed by atoms with Crippen molar-refractivity contribution in [2.75, 3.05) is 11.9 Å². The molecule has 0 spiro atoms. The lowest BCUT2D eigenvalue weighted by atomic mass is 9.57. The fourth-order valence-electron chi connectivity index (χ4n) is 3.60. The second-order valence-corrected chi connectivity index (χ2v) is 6.65. The number of rotatable bonds is 3. The Morgan fingerprint density at radius 1 is 1.50 bits per heavy atom. The molecule has 2 aliphatic rings. The average Bonchev–Trinajstić information content (AvgIpc) is 2.82. The van der Waals surface area contributed by atoms with E-state index in [2.05, 4.69) is 19.2 Å². The van der Waals surface area contributed by atoms with Crippen LogP contribution in [0.3, 0.4) is 0 Å². The molecule has 3 unspecified atom stereocenters. The van der Waals surface area contributed by atoms with Crippen LogP contribution in [0.5, 0.6) is 0 Å². The molecule has 3 N–H and O–H groups in total. The number of carbonyl (C=O) groups excluding carboxylic acids is 1. The second-order valence-electron chi connectivity index (χ2n) is 6.25. The van der Waals surface area contributed by atoms with Crippen LogP contribution in [0.25, 0.3) is 0 Å². The number of primary amides is 1. The van der Waals surface area contributed by atoms with Gasteiger partial charge in [-0.3, -0.25) is 4.79 Å². The summed E-state index contributed by atoms with van der Waals surface area (Å²) >= 11 is 6.09. The number of ether oxygens (including phenoxy) is 1. The van der Waals surface area contributed by atoms with Crippen LogP contribution >= 0.6 is 11.6 Å². The van der Waals surface area contributed by atoms with Crippen molar-refractivity contribution in [1.82, 2.24) is 0 Å². The third-order valence-corrected chi connectivity index (χ3v) is 4.97. The van der Waals surface area contributed by atoms with Gasteiger partial charge in [-0.05, 0) is 24.6 Å². The first-order valence-corrected chi connectivity index (χ1v) is 7.26. The zero-order chi connectivity index (χ0) is 14.5. The molecule has 1 aromatic rings. The van der Waals surface area contributed by atoms with E-state index in [1.165, 1.54) is 0 Å². The quantitative estimate of drug-likeness (QED) is 0.901. The number of nitrogens with one attached hydrogen (secondary N) is 1. The normalized spacial score (nSPS) is 30.4. The number of fused-ring (bicyclic) bond motifs is 1. The summed E-state index contributed by atoms with van der Waals surface area (Å²) in [5.41, 5.74) is 6.64. The number of hydrogen-bond acceptors (Lipinski definition) is 3. The van der Waals surface area contributed by atoms with E-state index in [1.54, 1.807) is 12.1 Å². The SMILES string of the molecule is CC1(C)C(Nc2ccc(C(N)=O)c(Cl)c2)C2CCOC21. The van der Waals surface area contributed by atoms with Gasteiger partial charge >= 0.3 is 0 Å². The predicted molar refractivity (Wildman–Crippen MR) is 79.0 cm³/mol. The van der Waals surface area contributed by atoms with Crippen molar-refractivity contribution in [2.24, 2.45) is 17.1 Å². The maximum Gasteiger partial charge on any atom is 0.250 e. The lowest BCUT2D eigenvalue weighted by molar-refractivity contribution is -0.0923. The number of nitrogens with two attached hydrogens (primary N) is 1. The molecular weight excluding hydrogens is 276 g/mol. The predicted octanol–water partition coefficient (Wildman–Crippen LogP) is 2.66. The Morgan fingerprint density at radius 3 is 2.90 bits per heavy atom. The first kappa shape index (κ1) is 13.7. The molecule has 1 aliphatic carbocycles. The van der Waals surface area contributed by atoms with E-state index in [4.69, 9.17) is 22.1 Å². The van der Waals surface area contributed by atoms with Gasteiger partial charge in [-0.15, -0.1) is 0 Å². The molecule has 1 saturated heterocycles. The highest BCUT2D eigenvalue weighted by Crippen LogP contribution is 2.53. The fourth-order valence-corrected chi connectivity index (χ4v) is 3.88. The first-order chi connectivity index (χ1) is 9.41. The third-order valence-electron chi connectivity index (χ3n) is 4.66. The maximum atomic E-state index is 11.2. The van der Waals surface area contributed by atoms with E-state index >= 15 is 0 Å². The molecular formula is C15H19ClN2O2. The zero-order valence-electron chi connectivity index (χ0n) is 11.7. The minimum atomic E-state index is -0.505. The Morgan fingerprint density at radius 2 is 2.25 bits per heavy atom. The van der Waals surface area contributed by atoms with Crippen molar-refractivity contribution >= 4 is 23.2 Å². The highest BCUT2D eigenvalue weighted by molar-refractivity contribution is 6.34. The number of halogens is 1. The van der Waals surface area contributed by atoms with Gasteiger partial charge in [-0.1, -0.05) is 25.4 Å². The van der Waals surface area contributed by atoms with Crippen LogP contribution in [-0.2, 0) is 4.74 Å². The summed E-state index contributed by atoms with van der Waals surface area (Å²) in [4.78, 5) is 11.2. The number of benzene rings is 1. The molecule has 20 heavy (non-hydrogen) atoms. The molecule has 1 aliphatic heterocycles. The average molecular weight is 295 g/mol. The van der Waals surface area contributed by atoms with Crippen LogP contribution in [0.4, 0.5) is 5.69 Å². The summed E-state index contributed by atoms with van der Waals surface area (Å²) in [7, 11) is 0. The van der Waals surface area contributed by atoms with Crippen LogP contribution in [0.2, 0.25) is 5.02 Å². The van der Waals surface area contributed by atoms with Gasteiger partial charge in [0.25, 0.3) is 0 Å². The van der Waals surface area contributed by atoms with Crippen molar-refractivity contribution in [3.63, 3.8) is 0 Å². The minimum absolute atomic E-state index is 0.107. The standard InChI is InChI=1S/C15H19ClN2O2/c1-15(2)12(10-5-6-20-13(10)15)18-8-3-4-9(14(17)19)11(16)7-8/h3-4,7,10,12-13,18H,5-6H2,1-2H3,(H2,17,19). The van der Waals surface area contributed by atoms with Gasteiger partial charge in [0.05, 0.1) is 16.7 Å². The second kappa shape index (κ2) is 4.64. The molecule has 0 radical (unpaired) electrons.